The van der Waals surface area contributed by atoms with Crippen molar-refractivity contribution in [2.75, 3.05) is 16.8 Å². The van der Waals surface area contributed by atoms with Crippen molar-refractivity contribution in [3.8, 4) is 0 Å². The number of carbonyl (C=O) groups excluding carboxylic acids is 1. The van der Waals surface area contributed by atoms with Gasteiger partial charge in [0.1, 0.15) is 0 Å². The molecule has 2 aromatic carbocycles. The first kappa shape index (κ1) is 19.0. The van der Waals surface area contributed by atoms with Gasteiger partial charge in [-0.05, 0) is 30.7 Å². The molecule has 0 bridgehead atoms. The van der Waals surface area contributed by atoms with Gasteiger partial charge in [0.2, 0.25) is 0 Å². The summed E-state index contributed by atoms with van der Waals surface area (Å²) >= 11 is 1.46. The fraction of sp³-hybridized carbons (Fsp3) is 0.300. The average Bonchev–Trinajstić information content (AvgIpc) is 3.15. The van der Waals surface area contributed by atoms with Crippen molar-refractivity contribution in [1.29, 1.82) is 0 Å². The molecular formula is C20H21N3O3S2. The van der Waals surface area contributed by atoms with Gasteiger partial charge in [0.25, 0.3) is 5.91 Å². The number of hydrogen-bond acceptors (Lipinski definition) is 6. The van der Waals surface area contributed by atoms with Crippen LogP contribution in [0.5, 0.6) is 0 Å². The maximum atomic E-state index is 12.6. The molecule has 0 saturated carbocycles. The number of aliphatic imine (C=N–C) groups is 1. The molecule has 2 N–H and O–H groups in total. The summed E-state index contributed by atoms with van der Waals surface area (Å²) in [5.41, 5.74) is 2.36. The second-order valence-corrected chi connectivity index (χ2v) is 10.4. The van der Waals surface area contributed by atoms with Gasteiger partial charge in [-0.25, -0.2) is 8.42 Å². The number of hydrogen-bond donors (Lipinski definition) is 2. The number of amides is 1. The Morgan fingerprint density at radius 3 is 2.68 bits per heavy atom. The predicted molar refractivity (Wildman–Crippen MR) is 114 cm³/mol. The number of thioether (sulfide) groups is 1. The molecule has 2 aromatic rings. The van der Waals surface area contributed by atoms with Gasteiger partial charge >= 0.3 is 0 Å². The van der Waals surface area contributed by atoms with Gasteiger partial charge < -0.3 is 10.6 Å². The fourth-order valence-corrected chi connectivity index (χ4v) is 7.06. The van der Waals surface area contributed by atoms with Gasteiger partial charge in [0.15, 0.2) is 15.0 Å². The molecule has 0 spiro atoms. The van der Waals surface area contributed by atoms with Crippen molar-refractivity contribution in [2.24, 2.45) is 4.99 Å². The fourth-order valence-electron chi connectivity index (χ4n) is 3.38. The van der Waals surface area contributed by atoms with E-state index in [4.69, 9.17) is 0 Å². The minimum atomic E-state index is -2.96. The lowest BCUT2D eigenvalue weighted by Crippen LogP contribution is -2.26. The van der Waals surface area contributed by atoms with E-state index in [2.05, 4.69) is 15.6 Å². The summed E-state index contributed by atoms with van der Waals surface area (Å²) in [4.78, 5) is 17.1. The van der Waals surface area contributed by atoms with E-state index in [0.717, 1.165) is 11.3 Å². The normalized spacial score (nSPS) is 23.5. The molecule has 0 aromatic heterocycles. The third-order valence-corrected chi connectivity index (χ3v) is 7.98. The van der Waals surface area contributed by atoms with E-state index >= 15 is 0 Å². The van der Waals surface area contributed by atoms with Crippen LogP contribution in [-0.2, 0) is 9.84 Å². The standard InChI is InChI=1S/C20H21N3O3S2/c1-13(14-6-3-2-4-7-14)21-19(24)15-8-5-9-16(10-15)22-20-23-17-11-28(25,26)12-18(17)27-20/h2-10,13,17-18H,11-12H2,1H3,(H,21,24)(H,22,23)/t13-,17-,18+/m0/s1. The number of amidine groups is 1. The number of carbonyl (C=O) groups is 1. The number of fused-ring (bicyclic) bond motifs is 1. The molecule has 2 aliphatic heterocycles. The van der Waals surface area contributed by atoms with Crippen LogP contribution in [0.25, 0.3) is 0 Å². The second kappa shape index (κ2) is 7.60. The maximum Gasteiger partial charge on any atom is 0.251 e. The zero-order valence-corrected chi connectivity index (χ0v) is 17.0. The Bertz CT molecular complexity index is 1020. The van der Waals surface area contributed by atoms with Crippen molar-refractivity contribution < 1.29 is 13.2 Å². The summed E-state index contributed by atoms with van der Waals surface area (Å²) in [6, 6.07) is 16.8. The first-order chi connectivity index (χ1) is 13.4. The Kier molecular flexibility index (Phi) is 5.16. The van der Waals surface area contributed by atoms with Crippen molar-refractivity contribution in [2.45, 2.75) is 24.3 Å². The zero-order chi connectivity index (χ0) is 19.7. The van der Waals surface area contributed by atoms with Gasteiger partial charge in [-0.2, -0.15) is 0 Å². The molecule has 1 fully saturated rings. The molecule has 4 rings (SSSR count). The molecule has 0 unspecified atom stereocenters. The molecule has 1 saturated heterocycles. The monoisotopic (exact) mass is 415 g/mol. The number of rotatable bonds is 4. The Labute approximate surface area is 168 Å². The summed E-state index contributed by atoms with van der Waals surface area (Å²) in [6.45, 7) is 1.95. The Morgan fingerprint density at radius 2 is 1.93 bits per heavy atom. The quantitative estimate of drug-likeness (QED) is 0.802. The maximum absolute atomic E-state index is 12.6. The lowest BCUT2D eigenvalue weighted by Gasteiger charge is -2.15. The highest BCUT2D eigenvalue weighted by molar-refractivity contribution is 8.15. The highest BCUT2D eigenvalue weighted by Crippen LogP contribution is 2.34. The highest BCUT2D eigenvalue weighted by atomic mass is 32.2. The zero-order valence-electron chi connectivity index (χ0n) is 15.3. The average molecular weight is 416 g/mol. The van der Waals surface area contributed by atoms with E-state index in [0.29, 0.717) is 10.7 Å². The predicted octanol–water partition coefficient (Wildman–Crippen LogP) is 2.86. The molecular weight excluding hydrogens is 394 g/mol. The van der Waals surface area contributed by atoms with Crippen LogP contribution in [0.4, 0.5) is 5.69 Å². The lowest BCUT2D eigenvalue weighted by atomic mass is 10.1. The lowest BCUT2D eigenvalue weighted by molar-refractivity contribution is 0.0940. The summed E-state index contributed by atoms with van der Waals surface area (Å²) in [7, 11) is -2.96. The van der Waals surface area contributed by atoms with Crippen molar-refractivity contribution in [3.05, 3.63) is 65.7 Å². The second-order valence-electron chi connectivity index (χ2n) is 7.05. The van der Waals surface area contributed by atoms with Crippen LogP contribution in [0.3, 0.4) is 0 Å². The van der Waals surface area contributed by atoms with Crippen LogP contribution in [0.15, 0.2) is 59.6 Å². The Hall–Kier alpha value is -2.32. The van der Waals surface area contributed by atoms with Gasteiger partial charge in [-0.15, -0.1) is 0 Å². The third-order valence-electron chi connectivity index (χ3n) is 4.84. The first-order valence-electron chi connectivity index (χ1n) is 9.07. The Balaban J connectivity index is 1.41. The van der Waals surface area contributed by atoms with Crippen LogP contribution in [-0.4, -0.2) is 42.3 Å². The molecule has 28 heavy (non-hydrogen) atoms. The Morgan fingerprint density at radius 1 is 1.14 bits per heavy atom. The van der Waals surface area contributed by atoms with Crippen molar-refractivity contribution in [3.63, 3.8) is 0 Å². The minimum Gasteiger partial charge on any atom is -0.346 e. The molecule has 0 aliphatic carbocycles. The SMILES string of the molecule is C[C@H](NC(=O)c1cccc(NC2=N[C@H]3CS(=O)(=O)C[C@H]3S2)c1)c1ccccc1. The highest BCUT2D eigenvalue weighted by Gasteiger charge is 2.42. The van der Waals surface area contributed by atoms with Gasteiger partial charge in [0, 0.05) is 16.5 Å². The minimum absolute atomic E-state index is 0.00861. The molecule has 3 atom stereocenters. The number of anilines is 1. The van der Waals surface area contributed by atoms with Crippen molar-refractivity contribution in [1.82, 2.24) is 5.32 Å². The molecule has 146 valence electrons. The van der Waals surface area contributed by atoms with E-state index in [1.54, 1.807) is 12.1 Å². The van der Waals surface area contributed by atoms with E-state index < -0.39 is 9.84 Å². The van der Waals surface area contributed by atoms with Crippen LogP contribution in [0, 0.1) is 0 Å². The third kappa shape index (κ3) is 4.23. The van der Waals surface area contributed by atoms with Gasteiger partial charge in [-0.1, -0.05) is 48.2 Å². The number of nitrogens with zero attached hydrogens (tertiary/aromatic N) is 1. The molecule has 0 radical (unpaired) electrons. The van der Waals surface area contributed by atoms with Crippen LogP contribution < -0.4 is 10.6 Å². The smallest absolute Gasteiger partial charge is 0.251 e. The molecule has 8 heteroatoms. The van der Waals surface area contributed by atoms with E-state index in [1.807, 2.05) is 49.4 Å². The van der Waals surface area contributed by atoms with E-state index in [1.165, 1.54) is 11.8 Å². The summed E-state index contributed by atoms with van der Waals surface area (Å²) in [5.74, 6) is 0.149. The number of nitrogens with one attached hydrogen (secondary N) is 2. The largest absolute Gasteiger partial charge is 0.346 e. The first-order valence-corrected chi connectivity index (χ1v) is 11.8. The topological polar surface area (TPSA) is 87.6 Å². The molecule has 2 aliphatic rings. The molecule has 2 heterocycles. The van der Waals surface area contributed by atoms with Gasteiger partial charge in [-0.3, -0.25) is 9.79 Å². The van der Waals surface area contributed by atoms with Crippen molar-refractivity contribution >= 4 is 38.4 Å². The van der Waals surface area contributed by atoms with Gasteiger partial charge in [0.05, 0.1) is 23.6 Å². The van der Waals surface area contributed by atoms with Crippen LogP contribution in [0.1, 0.15) is 28.9 Å². The van der Waals surface area contributed by atoms with Crippen LogP contribution in [0.2, 0.25) is 0 Å². The number of benzene rings is 2. The summed E-state index contributed by atoms with van der Waals surface area (Å²) in [5, 5.41) is 6.92. The summed E-state index contributed by atoms with van der Waals surface area (Å²) < 4.78 is 23.3. The molecule has 1 amide bonds. The van der Waals surface area contributed by atoms with Crippen LogP contribution >= 0.6 is 11.8 Å². The van der Waals surface area contributed by atoms with E-state index in [9.17, 15) is 13.2 Å². The van der Waals surface area contributed by atoms with E-state index in [-0.39, 0.29) is 34.7 Å². The molecule has 6 nitrogen and oxygen atoms in total. The number of sulfone groups is 1. The summed E-state index contributed by atoms with van der Waals surface area (Å²) in [6.07, 6.45) is 0.